The third-order valence-corrected chi connectivity index (χ3v) is 2.91. The Balaban J connectivity index is 2.90. The molecule has 1 atom stereocenters. The summed E-state index contributed by atoms with van der Waals surface area (Å²) in [5.41, 5.74) is 0.0371. The number of aliphatic hydroxyl groups excluding tert-OH is 1. The average molecular weight is 266 g/mol. The van der Waals surface area contributed by atoms with Crippen LogP contribution in [0.2, 0.25) is 0 Å². The number of anilines is 1. The summed E-state index contributed by atoms with van der Waals surface area (Å²) in [6.07, 6.45) is 2.53. The molecule has 4 heteroatoms. The summed E-state index contributed by atoms with van der Waals surface area (Å²) in [5.74, 6) is 1.49. The quantitative estimate of drug-likeness (QED) is 0.831. The first-order valence-corrected chi connectivity index (χ1v) is 6.83. The molecule has 1 aromatic heterocycles. The molecule has 19 heavy (non-hydrogen) atoms. The highest BCUT2D eigenvalue weighted by molar-refractivity contribution is 5.50. The van der Waals surface area contributed by atoms with Crippen molar-refractivity contribution >= 4 is 5.82 Å². The van der Waals surface area contributed by atoms with Gasteiger partial charge in [0.2, 0.25) is 0 Å². The molecule has 1 heterocycles. The van der Waals surface area contributed by atoms with E-state index in [1.165, 1.54) is 0 Å². The molecule has 1 unspecified atom stereocenters. The molecule has 0 bridgehead atoms. The molecule has 0 aromatic carbocycles. The van der Waals surface area contributed by atoms with Crippen LogP contribution in [0.4, 0.5) is 5.82 Å². The first kappa shape index (κ1) is 15.8. The van der Waals surface area contributed by atoms with Gasteiger partial charge in [0.1, 0.15) is 0 Å². The van der Waals surface area contributed by atoms with Crippen molar-refractivity contribution in [1.82, 2.24) is 4.98 Å². The van der Waals surface area contributed by atoms with E-state index in [0.717, 1.165) is 11.6 Å². The van der Waals surface area contributed by atoms with Crippen LogP contribution < -0.4 is 10.1 Å². The van der Waals surface area contributed by atoms with Gasteiger partial charge in [-0.2, -0.15) is 0 Å². The number of pyridine rings is 1. The van der Waals surface area contributed by atoms with Crippen molar-refractivity contribution in [2.45, 2.75) is 53.2 Å². The van der Waals surface area contributed by atoms with Crippen molar-refractivity contribution in [2.24, 2.45) is 5.41 Å². The third-order valence-electron chi connectivity index (χ3n) is 2.91. The Morgan fingerprint density at radius 1 is 1.37 bits per heavy atom. The topological polar surface area (TPSA) is 54.4 Å². The number of aliphatic hydroxyl groups is 1. The van der Waals surface area contributed by atoms with Gasteiger partial charge in [-0.25, -0.2) is 4.98 Å². The van der Waals surface area contributed by atoms with Crippen LogP contribution in [0.15, 0.2) is 18.3 Å². The maximum atomic E-state index is 9.20. The van der Waals surface area contributed by atoms with E-state index >= 15 is 0 Å². The number of ether oxygens (including phenoxy) is 1. The third kappa shape index (κ3) is 5.07. The lowest BCUT2D eigenvalue weighted by Gasteiger charge is -2.32. The minimum absolute atomic E-state index is 0.0371. The van der Waals surface area contributed by atoms with Gasteiger partial charge in [-0.05, 0) is 37.8 Å². The average Bonchev–Trinajstić information content (AvgIpc) is 2.29. The van der Waals surface area contributed by atoms with Crippen molar-refractivity contribution in [3.8, 4) is 5.75 Å². The zero-order valence-corrected chi connectivity index (χ0v) is 12.6. The normalized spacial score (nSPS) is 13.4. The Labute approximate surface area is 116 Å². The number of hydrogen-bond donors (Lipinski definition) is 2. The highest BCUT2D eigenvalue weighted by Crippen LogP contribution is 2.29. The van der Waals surface area contributed by atoms with Crippen molar-refractivity contribution < 1.29 is 9.84 Å². The van der Waals surface area contributed by atoms with Gasteiger partial charge in [-0.3, -0.25) is 0 Å². The van der Waals surface area contributed by atoms with Crippen LogP contribution >= 0.6 is 0 Å². The molecule has 0 amide bonds. The van der Waals surface area contributed by atoms with E-state index in [4.69, 9.17) is 4.74 Å². The van der Waals surface area contributed by atoms with Crippen LogP contribution in [0.3, 0.4) is 0 Å². The molecule has 0 spiro atoms. The van der Waals surface area contributed by atoms with Gasteiger partial charge in [0, 0.05) is 18.8 Å². The molecule has 4 nitrogen and oxygen atoms in total. The predicted molar refractivity (Wildman–Crippen MR) is 78.6 cm³/mol. The highest BCUT2D eigenvalue weighted by atomic mass is 16.5. The second-order valence-corrected chi connectivity index (χ2v) is 6.09. The number of rotatable bonds is 6. The maximum absolute atomic E-state index is 9.20. The van der Waals surface area contributed by atoms with Gasteiger partial charge in [-0.15, -0.1) is 0 Å². The number of nitrogens with one attached hydrogen (secondary N) is 1. The summed E-state index contributed by atoms with van der Waals surface area (Å²) in [7, 11) is 0. The zero-order valence-electron chi connectivity index (χ0n) is 12.6. The van der Waals surface area contributed by atoms with Gasteiger partial charge >= 0.3 is 0 Å². The second-order valence-electron chi connectivity index (χ2n) is 6.09. The number of hydrogen-bond acceptors (Lipinski definition) is 4. The van der Waals surface area contributed by atoms with Crippen LogP contribution in [0.5, 0.6) is 5.75 Å². The van der Waals surface area contributed by atoms with Crippen LogP contribution in [0, 0.1) is 5.41 Å². The second kappa shape index (κ2) is 6.75. The Kier molecular flexibility index (Phi) is 5.60. The molecule has 1 rings (SSSR count). The van der Waals surface area contributed by atoms with Gasteiger partial charge in [0.15, 0.2) is 11.6 Å². The van der Waals surface area contributed by atoms with Crippen molar-refractivity contribution in [2.75, 3.05) is 11.9 Å². The molecule has 108 valence electrons. The first-order chi connectivity index (χ1) is 8.84. The van der Waals surface area contributed by atoms with Crippen LogP contribution in [0.25, 0.3) is 0 Å². The van der Waals surface area contributed by atoms with Crippen LogP contribution in [0.1, 0.15) is 41.0 Å². The Morgan fingerprint density at radius 3 is 2.58 bits per heavy atom. The smallest absolute Gasteiger partial charge is 0.169 e. The van der Waals surface area contributed by atoms with E-state index in [9.17, 15) is 5.11 Å². The van der Waals surface area contributed by atoms with Crippen molar-refractivity contribution in [3.05, 3.63) is 18.3 Å². The van der Waals surface area contributed by atoms with Gasteiger partial charge < -0.3 is 15.2 Å². The molecular weight excluding hydrogens is 240 g/mol. The molecule has 0 saturated carbocycles. The lowest BCUT2D eigenvalue weighted by atomic mass is 9.85. The molecule has 0 radical (unpaired) electrons. The van der Waals surface area contributed by atoms with Gasteiger partial charge in [0.05, 0.1) is 6.10 Å². The lowest BCUT2D eigenvalue weighted by molar-refractivity contribution is 0.230. The summed E-state index contributed by atoms with van der Waals surface area (Å²) in [6, 6.07) is 3.91. The Hall–Kier alpha value is -1.29. The Bertz CT molecular complexity index is 386. The molecule has 0 aliphatic heterocycles. The van der Waals surface area contributed by atoms with Gasteiger partial charge in [0.25, 0.3) is 0 Å². The van der Waals surface area contributed by atoms with Crippen molar-refractivity contribution in [1.29, 1.82) is 0 Å². The summed E-state index contributed by atoms with van der Waals surface area (Å²) < 4.78 is 5.75. The van der Waals surface area contributed by atoms with E-state index in [2.05, 4.69) is 31.1 Å². The summed E-state index contributed by atoms with van der Waals surface area (Å²) in [6.45, 7) is 10.6. The van der Waals surface area contributed by atoms with Crippen LogP contribution in [-0.4, -0.2) is 28.8 Å². The van der Waals surface area contributed by atoms with E-state index in [0.29, 0.717) is 6.42 Å². The first-order valence-electron chi connectivity index (χ1n) is 6.83. The summed E-state index contributed by atoms with van der Waals surface area (Å²) >= 11 is 0. The maximum Gasteiger partial charge on any atom is 0.169 e. The standard InChI is InChI=1S/C15H26N2O2/c1-11(2)19-12-7-6-9-16-14(12)17-13(8-10-18)15(3,4)5/h6-7,9,11,13,18H,8,10H2,1-5H3,(H,16,17). The minimum Gasteiger partial charge on any atom is -0.487 e. The monoisotopic (exact) mass is 266 g/mol. The SMILES string of the molecule is CC(C)Oc1cccnc1NC(CCO)C(C)(C)C. The fourth-order valence-electron chi connectivity index (χ4n) is 1.86. The fourth-order valence-corrected chi connectivity index (χ4v) is 1.86. The fraction of sp³-hybridized carbons (Fsp3) is 0.667. The molecule has 0 saturated heterocycles. The summed E-state index contributed by atoms with van der Waals surface area (Å²) in [5, 5.41) is 12.6. The molecule has 2 N–H and O–H groups in total. The van der Waals surface area contributed by atoms with E-state index < -0.39 is 0 Å². The molecule has 1 aromatic rings. The molecule has 0 aliphatic rings. The number of aromatic nitrogens is 1. The lowest BCUT2D eigenvalue weighted by Crippen LogP contribution is -2.35. The zero-order chi connectivity index (χ0) is 14.5. The largest absolute Gasteiger partial charge is 0.487 e. The minimum atomic E-state index is 0.0371. The predicted octanol–water partition coefficient (Wildman–Crippen LogP) is 3.08. The van der Waals surface area contributed by atoms with E-state index in [1.54, 1.807) is 6.20 Å². The highest BCUT2D eigenvalue weighted by Gasteiger charge is 2.25. The molecular formula is C15H26N2O2. The number of nitrogens with zero attached hydrogens (tertiary/aromatic N) is 1. The van der Waals surface area contributed by atoms with E-state index in [1.807, 2.05) is 26.0 Å². The van der Waals surface area contributed by atoms with Crippen molar-refractivity contribution in [3.63, 3.8) is 0 Å². The summed E-state index contributed by atoms with van der Waals surface area (Å²) in [4.78, 5) is 4.35. The van der Waals surface area contributed by atoms with Crippen LogP contribution in [-0.2, 0) is 0 Å². The van der Waals surface area contributed by atoms with Gasteiger partial charge in [-0.1, -0.05) is 20.8 Å². The Morgan fingerprint density at radius 2 is 2.05 bits per heavy atom. The molecule has 0 fully saturated rings. The molecule has 0 aliphatic carbocycles. The van der Waals surface area contributed by atoms with E-state index in [-0.39, 0.29) is 24.2 Å².